The molecule has 0 spiro atoms. The summed E-state index contributed by atoms with van der Waals surface area (Å²) in [6, 6.07) is 2.13. The molecule has 1 atom stereocenters. The highest BCUT2D eigenvalue weighted by atomic mass is 79.9. The molecule has 0 radical (unpaired) electrons. The molecular weight excluding hydrogens is 324 g/mol. The third-order valence-electron chi connectivity index (χ3n) is 2.53. The smallest absolute Gasteiger partial charge is 0.0314 e. The predicted molar refractivity (Wildman–Crippen MR) is 72.5 cm³/mol. The second kappa shape index (κ2) is 5.13. The molecule has 1 aromatic rings. The molecular formula is C11H16Br2S. The highest BCUT2D eigenvalue weighted by molar-refractivity contribution is 9.10. The molecule has 1 unspecified atom stereocenters. The average Bonchev–Trinajstić information content (AvgIpc) is 2.45. The van der Waals surface area contributed by atoms with E-state index in [1.54, 1.807) is 0 Å². The van der Waals surface area contributed by atoms with E-state index in [0.717, 1.165) is 11.8 Å². The van der Waals surface area contributed by atoms with Crippen LogP contribution in [0.3, 0.4) is 0 Å². The zero-order valence-electron chi connectivity index (χ0n) is 8.81. The first-order chi connectivity index (χ1) is 6.45. The van der Waals surface area contributed by atoms with E-state index in [1.807, 2.05) is 11.3 Å². The quantitative estimate of drug-likeness (QED) is 0.671. The van der Waals surface area contributed by atoms with Crippen LogP contribution in [-0.2, 0) is 6.42 Å². The van der Waals surface area contributed by atoms with Gasteiger partial charge in [0, 0.05) is 14.7 Å². The van der Waals surface area contributed by atoms with Crippen molar-refractivity contribution in [3.8, 4) is 0 Å². The fourth-order valence-electron chi connectivity index (χ4n) is 1.29. The summed E-state index contributed by atoms with van der Waals surface area (Å²) < 4.78 is 1.26. The fraction of sp³-hybridized carbons (Fsp3) is 0.636. The molecule has 80 valence electrons. The van der Waals surface area contributed by atoms with Crippen molar-refractivity contribution in [2.75, 3.05) is 5.33 Å². The van der Waals surface area contributed by atoms with Crippen LogP contribution in [0, 0.1) is 11.3 Å². The summed E-state index contributed by atoms with van der Waals surface area (Å²) in [7, 11) is 0. The van der Waals surface area contributed by atoms with Crippen molar-refractivity contribution in [2.45, 2.75) is 27.2 Å². The van der Waals surface area contributed by atoms with Crippen molar-refractivity contribution in [2.24, 2.45) is 11.3 Å². The molecule has 0 amide bonds. The molecule has 0 saturated heterocycles. The Labute approximate surface area is 107 Å². The molecule has 1 heterocycles. The second-order valence-electron chi connectivity index (χ2n) is 4.61. The number of hydrogen-bond donors (Lipinski definition) is 0. The summed E-state index contributed by atoms with van der Waals surface area (Å²) in [6.07, 6.45) is 1.16. The fourth-order valence-corrected chi connectivity index (χ4v) is 4.08. The maximum absolute atomic E-state index is 3.61. The van der Waals surface area contributed by atoms with Gasteiger partial charge in [0.1, 0.15) is 0 Å². The van der Waals surface area contributed by atoms with Gasteiger partial charge in [0.15, 0.2) is 0 Å². The van der Waals surface area contributed by atoms with Crippen molar-refractivity contribution in [3.05, 3.63) is 20.8 Å². The summed E-state index contributed by atoms with van der Waals surface area (Å²) in [4.78, 5) is 1.46. The lowest BCUT2D eigenvalue weighted by Crippen LogP contribution is -2.23. The Balaban J connectivity index is 2.71. The van der Waals surface area contributed by atoms with Crippen LogP contribution in [0.15, 0.2) is 15.9 Å². The highest BCUT2D eigenvalue weighted by Crippen LogP contribution is 2.34. The first-order valence-electron chi connectivity index (χ1n) is 4.73. The van der Waals surface area contributed by atoms with Crippen molar-refractivity contribution in [1.82, 2.24) is 0 Å². The largest absolute Gasteiger partial charge is 0.148 e. The molecule has 0 bridgehead atoms. The van der Waals surface area contributed by atoms with Gasteiger partial charge in [0.25, 0.3) is 0 Å². The summed E-state index contributed by atoms with van der Waals surface area (Å²) in [5, 5.41) is 3.22. The van der Waals surface area contributed by atoms with Gasteiger partial charge in [-0.05, 0) is 45.1 Å². The molecule has 0 N–H and O–H groups in total. The number of rotatable bonds is 3. The van der Waals surface area contributed by atoms with Crippen LogP contribution >= 0.6 is 43.2 Å². The van der Waals surface area contributed by atoms with Crippen LogP contribution in [0.4, 0.5) is 0 Å². The van der Waals surface area contributed by atoms with Crippen LogP contribution in [0.25, 0.3) is 0 Å². The van der Waals surface area contributed by atoms with Gasteiger partial charge < -0.3 is 0 Å². The van der Waals surface area contributed by atoms with Crippen LogP contribution in [0.2, 0.25) is 0 Å². The van der Waals surface area contributed by atoms with E-state index in [2.05, 4.69) is 64.1 Å². The number of alkyl halides is 1. The predicted octanol–water partition coefficient (Wildman–Crippen LogP) is 5.11. The Morgan fingerprint density at radius 3 is 2.43 bits per heavy atom. The minimum atomic E-state index is 0.368. The van der Waals surface area contributed by atoms with Crippen molar-refractivity contribution < 1.29 is 0 Å². The lowest BCUT2D eigenvalue weighted by molar-refractivity contribution is 0.268. The van der Waals surface area contributed by atoms with E-state index in [-0.39, 0.29) is 0 Å². The summed E-state index contributed by atoms with van der Waals surface area (Å²) in [5.74, 6) is 0.692. The Kier molecular flexibility index (Phi) is 4.66. The van der Waals surface area contributed by atoms with Gasteiger partial charge in [-0.1, -0.05) is 36.7 Å². The van der Waals surface area contributed by atoms with Crippen LogP contribution in [-0.4, -0.2) is 5.33 Å². The zero-order chi connectivity index (χ0) is 10.8. The van der Waals surface area contributed by atoms with Crippen LogP contribution < -0.4 is 0 Å². The molecule has 0 aliphatic rings. The van der Waals surface area contributed by atoms with E-state index in [9.17, 15) is 0 Å². The third kappa shape index (κ3) is 3.35. The van der Waals surface area contributed by atoms with Gasteiger partial charge in [-0.2, -0.15) is 0 Å². The highest BCUT2D eigenvalue weighted by Gasteiger charge is 2.24. The van der Waals surface area contributed by atoms with E-state index >= 15 is 0 Å². The van der Waals surface area contributed by atoms with Crippen molar-refractivity contribution in [3.63, 3.8) is 0 Å². The minimum absolute atomic E-state index is 0.368. The molecule has 0 saturated carbocycles. The van der Waals surface area contributed by atoms with Gasteiger partial charge >= 0.3 is 0 Å². The summed E-state index contributed by atoms with van der Waals surface area (Å²) in [5.41, 5.74) is 0.368. The van der Waals surface area contributed by atoms with E-state index in [0.29, 0.717) is 11.3 Å². The van der Waals surface area contributed by atoms with Gasteiger partial charge in [-0.15, -0.1) is 11.3 Å². The molecule has 0 aliphatic heterocycles. The number of halogens is 2. The van der Waals surface area contributed by atoms with E-state index in [4.69, 9.17) is 0 Å². The molecule has 0 nitrogen and oxygen atoms in total. The van der Waals surface area contributed by atoms with Gasteiger partial charge in [-0.25, -0.2) is 0 Å². The Morgan fingerprint density at radius 2 is 2.07 bits per heavy atom. The minimum Gasteiger partial charge on any atom is -0.148 e. The maximum atomic E-state index is 3.61. The Bertz CT molecular complexity index is 286. The topological polar surface area (TPSA) is 0 Å². The van der Waals surface area contributed by atoms with Crippen molar-refractivity contribution >= 4 is 43.2 Å². The molecule has 0 aromatic carbocycles. The molecule has 0 aliphatic carbocycles. The normalized spacial score (nSPS) is 14.4. The number of hydrogen-bond acceptors (Lipinski definition) is 1. The standard InChI is InChI=1S/C11H16Br2S/c1-11(2,3)8(7-12)6-10-9(13)4-5-14-10/h4-5,8H,6-7H2,1-3H3. The van der Waals surface area contributed by atoms with Crippen molar-refractivity contribution in [1.29, 1.82) is 0 Å². The molecule has 3 heteroatoms. The lowest BCUT2D eigenvalue weighted by Gasteiger charge is -2.28. The SMILES string of the molecule is CC(C)(C)C(CBr)Cc1sccc1Br. The zero-order valence-corrected chi connectivity index (χ0v) is 12.8. The van der Waals surface area contributed by atoms with E-state index in [1.165, 1.54) is 9.35 Å². The summed E-state index contributed by atoms with van der Waals surface area (Å²) >= 11 is 9.04. The third-order valence-corrected chi connectivity index (χ3v) is 5.26. The first-order valence-corrected chi connectivity index (χ1v) is 7.52. The molecule has 1 rings (SSSR count). The van der Waals surface area contributed by atoms with Crippen LogP contribution in [0.1, 0.15) is 25.6 Å². The van der Waals surface area contributed by atoms with E-state index < -0.39 is 0 Å². The molecule has 0 fully saturated rings. The van der Waals surface area contributed by atoms with Gasteiger partial charge in [0.05, 0.1) is 0 Å². The Morgan fingerprint density at radius 1 is 1.43 bits per heavy atom. The lowest BCUT2D eigenvalue weighted by atomic mass is 9.80. The van der Waals surface area contributed by atoms with Gasteiger partial charge in [0.2, 0.25) is 0 Å². The van der Waals surface area contributed by atoms with Gasteiger partial charge in [-0.3, -0.25) is 0 Å². The second-order valence-corrected chi connectivity index (χ2v) is 7.12. The molecule has 1 aromatic heterocycles. The monoisotopic (exact) mass is 338 g/mol. The molecule has 14 heavy (non-hydrogen) atoms. The first kappa shape index (κ1) is 12.7. The van der Waals surface area contributed by atoms with Crippen LogP contribution in [0.5, 0.6) is 0 Å². The average molecular weight is 340 g/mol. The maximum Gasteiger partial charge on any atom is 0.0314 e. The summed E-state index contributed by atoms with van der Waals surface area (Å²) in [6.45, 7) is 6.92. The number of thiophene rings is 1. The Hall–Kier alpha value is 0.660.